The molecule has 0 aliphatic heterocycles. The van der Waals surface area contributed by atoms with Crippen LogP contribution in [0.4, 0.5) is 0 Å². The van der Waals surface area contributed by atoms with Crippen LogP contribution in [0.15, 0.2) is 126 Å². The van der Waals surface area contributed by atoms with Crippen LogP contribution in [-0.2, 0) is 0 Å². The van der Waals surface area contributed by atoms with Gasteiger partial charge in [-0.3, -0.25) is 4.98 Å². The number of hydrogen-bond donors (Lipinski definition) is 1. The third-order valence-corrected chi connectivity index (χ3v) is 5.47. The molecule has 0 aliphatic carbocycles. The minimum atomic E-state index is -0.607. The Labute approximate surface area is 202 Å². The highest BCUT2D eigenvalue weighted by atomic mass is 16.5. The summed E-state index contributed by atoms with van der Waals surface area (Å²) >= 11 is 0. The molecule has 6 nitrogen and oxygen atoms in total. The van der Waals surface area contributed by atoms with Crippen molar-refractivity contribution in [2.75, 3.05) is 0 Å². The van der Waals surface area contributed by atoms with Crippen LogP contribution in [0.25, 0.3) is 0 Å². The fourth-order valence-corrected chi connectivity index (χ4v) is 3.84. The fraction of sp³-hybridized carbons (Fsp3) is 0.0690. The quantitative estimate of drug-likeness (QED) is 0.330. The summed E-state index contributed by atoms with van der Waals surface area (Å²) in [5.74, 6) is 0. The maximum absolute atomic E-state index is 12.5. The van der Waals surface area contributed by atoms with Crippen LogP contribution in [0, 0.1) is 0 Å². The van der Waals surface area contributed by atoms with Gasteiger partial charge in [-0.15, -0.1) is 9.97 Å². The van der Waals surface area contributed by atoms with Crippen molar-refractivity contribution in [2.45, 2.75) is 12.2 Å². The third-order valence-electron chi connectivity index (χ3n) is 5.47. The van der Waals surface area contributed by atoms with Crippen LogP contribution in [0.2, 0.25) is 0 Å². The lowest BCUT2D eigenvalue weighted by atomic mass is 10.0. The molecule has 0 spiro atoms. The third kappa shape index (κ3) is 5.45. The Balaban J connectivity index is 1.49. The van der Waals surface area contributed by atoms with Crippen LogP contribution in [0.5, 0.6) is 12.0 Å². The first-order valence-corrected chi connectivity index (χ1v) is 11.3. The topological polar surface area (TPSA) is 77.1 Å². The average molecular weight is 462 g/mol. The van der Waals surface area contributed by atoms with E-state index in [9.17, 15) is 4.79 Å². The monoisotopic (exact) mass is 461 g/mol. The molecule has 5 aromatic rings. The standard InChI is InChI=1S/C29H23N3O3/c33-27-30-28(34-25(21-13-5-1-6-14-21)22-15-7-2-8-16-22)32-29(31-27)35-26(23-17-9-3-10-18-23)24-19-11-4-12-20-24/h1-20,25-26H,(H,30,31,32,33). The molecule has 0 saturated heterocycles. The highest BCUT2D eigenvalue weighted by Crippen LogP contribution is 2.29. The van der Waals surface area contributed by atoms with E-state index in [2.05, 4.69) is 15.0 Å². The zero-order chi connectivity index (χ0) is 23.9. The van der Waals surface area contributed by atoms with Gasteiger partial charge in [0.05, 0.1) is 0 Å². The Morgan fingerprint density at radius 2 is 0.886 bits per heavy atom. The van der Waals surface area contributed by atoms with Gasteiger partial charge in [-0.2, -0.15) is 0 Å². The van der Waals surface area contributed by atoms with Crippen LogP contribution >= 0.6 is 0 Å². The Hall–Kier alpha value is -4.71. The minimum Gasteiger partial charge on any atom is -0.451 e. The molecular weight excluding hydrogens is 438 g/mol. The van der Waals surface area contributed by atoms with E-state index in [1.807, 2.05) is 121 Å². The summed E-state index contributed by atoms with van der Waals surface area (Å²) in [7, 11) is 0. The van der Waals surface area contributed by atoms with Crippen molar-refractivity contribution in [3.05, 3.63) is 154 Å². The van der Waals surface area contributed by atoms with E-state index < -0.39 is 17.9 Å². The maximum Gasteiger partial charge on any atom is 0.353 e. The smallest absolute Gasteiger partial charge is 0.353 e. The summed E-state index contributed by atoms with van der Waals surface area (Å²) in [5, 5.41) is 0. The maximum atomic E-state index is 12.5. The zero-order valence-electron chi connectivity index (χ0n) is 18.8. The van der Waals surface area contributed by atoms with Gasteiger partial charge in [0.15, 0.2) is 12.2 Å². The van der Waals surface area contributed by atoms with Crippen molar-refractivity contribution < 1.29 is 9.47 Å². The van der Waals surface area contributed by atoms with E-state index in [0.29, 0.717) is 0 Å². The van der Waals surface area contributed by atoms with Gasteiger partial charge in [0.2, 0.25) is 0 Å². The molecule has 1 heterocycles. The zero-order valence-corrected chi connectivity index (χ0v) is 18.8. The molecule has 6 heteroatoms. The van der Waals surface area contributed by atoms with Gasteiger partial charge in [-0.1, -0.05) is 121 Å². The van der Waals surface area contributed by atoms with Crippen molar-refractivity contribution in [1.82, 2.24) is 15.0 Å². The lowest BCUT2D eigenvalue weighted by molar-refractivity contribution is 0.198. The lowest BCUT2D eigenvalue weighted by Gasteiger charge is -2.21. The normalized spacial score (nSPS) is 10.9. The first kappa shape index (κ1) is 22.1. The minimum absolute atomic E-state index is 0.0255. The largest absolute Gasteiger partial charge is 0.451 e. The van der Waals surface area contributed by atoms with E-state index in [0.717, 1.165) is 22.3 Å². The number of hydrogen-bond acceptors (Lipinski definition) is 5. The van der Waals surface area contributed by atoms with Crippen LogP contribution in [-0.4, -0.2) is 15.0 Å². The predicted octanol–water partition coefficient (Wildman–Crippen LogP) is 5.50. The van der Waals surface area contributed by atoms with Gasteiger partial charge >= 0.3 is 17.7 Å². The summed E-state index contributed by atoms with van der Waals surface area (Å²) in [6, 6.07) is 38.9. The molecule has 172 valence electrons. The first-order chi connectivity index (χ1) is 17.3. The molecule has 1 N–H and O–H groups in total. The average Bonchev–Trinajstić information content (AvgIpc) is 2.92. The van der Waals surface area contributed by atoms with Crippen LogP contribution in [0.3, 0.4) is 0 Å². The highest BCUT2D eigenvalue weighted by Gasteiger charge is 2.21. The van der Waals surface area contributed by atoms with E-state index in [1.165, 1.54) is 0 Å². The number of rotatable bonds is 8. The number of nitrogens with one attached hydrogen (secondary N) is 1. The van der Waals surface area contributed by atoms with Crippen molar-refractivity contribution in [3.63, 3.8) is 0 Å². The molecule has 5 rings (SSSR count). The number of H-pyrrole nitrogens is 1. The molecular formula is C29H23N3O3. The summed E-state index contributed by atoms with van der Waals surface area (Å²) in [6.45, 7) is 0. The second-order valence-electron chi connectivity index (χ2n) is 7.88. The van der Waals surface area contributed by atoms with Crippen molar-refractivity contribution >= 4 is 0 Å². The SMILES string of the molecule is O=c1nc(OC(c2ccccc2)c2ccccc2)nc(OC(c2ccccc2)c2ccccc2)[nH]1. The summed E-state index contributed by atoms with van der Waals surface area (Å²) in [5.41, 5.74) is 3.07. The van der Waals surface area contributed by atoms with Gasteiger partial charge in [-0.05, 0) is 22.3 Å². The summed E-state index contributed by atoms with van der Waals surface area (Å²) in [6.07, 6.45) is -0.971. The second kappa shape index (κ2) is 10.5. The van der Waals surface area contributed by atoms with Gasteiger partial charge in [0.25, 0.3) is 0 Å². The lowest BCUT2D eigenvalue weighted by Crippen LogP contribution is -2.20. The Morgan fingerprint density at radius 3 is 1.29 bits per heavy atom. The molecule has 35 heavy (non-hydrogen) atoms. The van der Waals surface area contributed by atoms with Crippen LogP contribution < -0.4 is 15.2 Å². The highest BCUT2D eigenvalue weighted by molar-refractivity contribution is 5.32. The number of aromatic nitrogens is 3. The molecule has 0 saturated carbocycles. The molecule has 0 radical (unpaired) electrons. The second-order valence-corrected chi connectivity index (χ2v) is 7.88. The van der Waals surface area contributed by atoms with Gasteiger partial charge in [0, 0.05) is 0 Å². The molecule has 0 aliphatic rings. The van der Waals surface area contributed by atoms with E-state index in [-0.39, 0.29) is 12.0 Å². The Morgan fingerprint density at radius 1 is 0.514 bits per heavy atom. The van der Waals surface area contributed by atoms with Crippen molar-refractivity contribution in [1.29, 1.82) is 0 Å². The molecule has 0 amide bonds. The molecule has 1 aromatic heterocycles. The molecule has 0 fully saturated rings. The molecule has 0 bridgehead atoms. The Kier molecular flexibility index (Phi) is 6.62. The number of benzene rings is 4. The van der Waals surface area contributed by atoms with Gasteiger partial charge < -0.3 is 9.47 Å². The Bertz CT molecular complexity index is 1220. The van der Waals surface area contributed by atoms with E-state index in [4.69, 9.17) is 9.47 Å². The van der Waals surface area contributed by atoms with Gasteiger partial charge in [0.1, 0.15) is 0 Å². The van der Waals surface area contributed by atoms with E-state index >= 15 is 0 Å². The molecule has 0 unspecified atom stereocenters. The summed E-state index contributed by atoms with van der Waals surface area (Å²) < 4.78 is 12.4. The molecule has 4 aromatic carbocycles. The number of ether oxygens (including phenoxy) is 2. The number of nitrogens with zero attached hydrogens (tertiary/aromatic N) is 2. The number of aromatic amines is 1. The van der Waals surface area contributed by atoms with Crippen LogP contribution in [0.1, 0.15) is 34.5 Å². The first-order valence-electron chi connectivity index (χ1n) is 11.3. The fourth-order valence-electron chi connectivity index (χ4n) is 3.84. The van der Waals surface area contributed by atoms with E-state index in [1.54, 1.807) is 0 Å². The molecule has 0 atom stereocenters. The van der Waals surface area contributed by atoms with Gasteiger partial charge in [-0.25, -0.2) is 4.79 Å². The van der Waals surface area contributed by atoms with Crippen molar-refractivity contribution in [2.24, 2.45) is 0 Å². The summed E-state index contributed by atoms with van der Waals surface area (Å²) in [4.78, 5) is 23.4. The van der Waals surface area contributed by atoms with Crippen molar-refractivity contribution in [3.8, 4) is 12.0 Å². The predicted molar refractivity (Wildman–Crippen MR) is 133 cm³/mol.